The van der Waals surface area contributed by atoms with Crippen LogP contribution in [0.4, 0.5) is 5.69 Å². The van der Waals surface area contributed by atoms with Crippen LogP contribution in [0.5, 0.6) is 5.75 Å². The maximum absolute atomic E-state index is 14.4. The standard InChI is InChI=1S/C38H52N4O4/c1-6-35(38(44)45)40-33-17-14-29(15-18-33)37(43)41(34-9-7-8-30(21-34)32-22-39-42(24-32)25(2)3)23-27-10-12-28(13-11-27)31-16-19-36(46-5)26(4)20-31/h7-9,16,19-22,24-25,27-29,33,35,40H,6,10-15,17-18,23H2,1-5H3,(H,44,45). The summed E-state index contributed by atoms with van der Waals surface area (Å²) in [7, 11) is 1.72. The van der Waals surface area contributed by atoms with E-state index in [0.29, 0.717) is 18.3 Å². The zero-order chi connectivity index (χ0) is 32.8. The van der Waals surface area contributed by atoms with Crippen molar-refractivity contribution in [2.75, 3.05) is 18.6 Å². The van der Waals surface area contributed by atoms with Gasteiger partial charge in [-0.1, -0.05) is 31.2 Å². The second-order valence-electron chi connectivity index (χ2n) is 13.8. The van der Waals surface area contributed by atoms with Crippen molar-refractivity contribution >= 4 is 17.6 Å². The molecule has 5 rings (SSSR count). The second-order valence-corrected chi connectivity index (χ2v) is 13.8. The average molecular weight is 629 g/mol. The molecule has 8 nitrogen and oxygen atoms in total. The van der Waals surface area contributed by atoms with E-state index >= 15 is 0 Å². The Bertz CT molecular complexity index is 1470. The first-order chi connectivity index (χ1) is 22.2. The molecule has 2 aromatic carbocycles. The quantitative estimate of drug-likeness (QED) is 0.213. The molecule has 1 unspecified atom stereocenters. The van der Waals surface area contributed by atoms with Crippen molar-refractivity contribution in [2.24, 2.45) is 11.8 Å². The number of nitrogens with one attached hydrogen (secondary N) is 1. The number of aliphatic carboxylic acids is 1. The molecule has 2 N–H and O–H groups in total. The van der Waals surface area contributed by atoms with Crippen molar-refractivity contribution < 1.29 is 19.4 Å². The van der Waals surface area contributed by atoms with Crippen molar-refractivity contribution in [1.82, 2.24) is 15.1 Å². The molecular formula is C38H52N4O4. The lowest BCUT2D eigenvalue weighted by atomic mass is 9.78. The summed E-state index contributed by atoms with van der Waals surface area (Å²) in [5.41, 5.74) is 5.63. The number of rotatable bonds is 12. The lowest BCUT2D eigenvalue weighted by Gasteiger charge is -2.37. The lowest BCUT2D eigenvalue weighted by Crippen LogP contribution is -2.47. The van der Waals surface area contributed by atoms with Crippen LogP contribution in [0.3, 0.4) is 0 Å². The van der Waals surface area contributed by atoms with Crippen LogP contribution in [-0.2, 0) is 9.59 Å². The number of aromatic nitrogens is 2. The number of carbonyl (C=O) groups is 2. The lowest BCUT2D eigenvalue weighted by molar-refractivity contribution is -0.140. The normalized spacial score (nSPS) is 22.4. The van der Waals surface area contributed by atoms with Gasteiger partial charge in [0.2, 0.25) is 5.91 Å². The number of methoxy groups -OCH3 is 1. The molecule has 2 fully saturated rings. The summed E-state index contributed by atoms with van der Waals surface area (Å²) in [4.78, 5) is 28.0. The van der Waals surface area contributed by atoms with Gasteiger partial charge in [-0.25, -0.2) is 0 Å². The fraction of sp³-hybridized carbons (Fsp3) is 0.553. The van der Waals surface area contributed by atoms with Crippen LogP contribution < -0.4 is 15.0 Å². The molecule has 1 aromatic heterocycles. The zero-order valence-electron chi connectivity index (χ0n) is 28.2. The molecular weight excluding hydrogens is 576 g/mol. The number of hydrogen-bond acceptors (Lipinski definition) is 5. The first-order valence-corrected chi connectivity index (χ1v) is 17.3. The molecule has 3 aromatic rings. The Kier molecular flexibility index (Phi) is 11.2. The van der Waals surface area contributed by atoms with Gasteiger partial charge >= 0.3 is 5.97 Å². The number of carboxylic acid groups (broad SMARTS) is 1. The van der Waals surface area contributed by atoms with E-state index in [4.69, 9.17) is 4.74 Å². The molecule has 1 heterocycles. The van der Waals surface area contributed by atoms with E-state index in [1.807, 2.05) is 17.8 Å². The fourth-order valence-electron chi connectivity index (χ4n) is 7.41. The number of nitrogens with zero attached hydrogens (tertiary/aromatic N) is 3. The molecule has 2 aliphatic rings. The van der Waals surface area contributed by atoms with Crippen LogP contribution in [0.15, 0.2) is 54.9 Å². The van der Waals surface area contributed by atoms with E-state index in [1.165, 1.54) is 11.1 Å². The average Bonchev–Trinajstić information content (AvgIpc) is 3.57. The highest BCUT2D eigenvalue weighted by Gasteiger charge is 2.34. The number of aryl methyl sites for hydroxylation is 1. The van der Waals surface area contributed by atoms with Gasteiger partial charge in [-0.15, -0.1) is 0 Å². The van der Waals surface area contributed by atoms with Gasteiger partial charge in [-0.2, -0.15) is 5.10 Å². The van der Waals surface area contributed by atoms with Crippen LogP contribution in [0.2, 0.25) is 0 Å². The van der Waals surface area contributed by atoms with Gasteiger partial charge in [-0.3, -0.25) is 14.3 Å². The van der Waals surface area contributed by atoms with Crippen LogP contribution in [0.25, 0.3) is 11.1 Å². The van der Waals surface area contributed by atoms with Gasteiger partial charge in [0.15, 0.2) is 0 Å². The van der Waals surface area contributed by atoms with E-state index in [9.17, 15) is 14.7 Å². The number of benzene rings is 2. The van der Waals surface area contributed by atoms with Crippen LogP contribution in [0, 0.1) is 18.8 Å². The highest BCUT2D eigenvalue weighted by molar-refractivity contribution is 5.95. The third-order valence-corrected chi connectivity index (χ3v) is 10.3. The molecule has 0 radical (unpaired) electrons. The highest BCUT2D eigenvalue weighted by Crippen LogP contribution is 2.39. The van der Waals surface area contributed by atoms with Crippen molar-refractivity contribution in [2.45, 2.75) is 110 Å². The Labute approximate surface area is 274 Å². The molecule has 0 aliphatic heterocycles. The Balaban J connectivity index is 1.31. The largest absolute Gasteiger partial charge is 0.496 e. The molecule has 2 aliphatic carbocycles. The number of hydrogen-bond donors (Lipinski definition) is 2. The molecule has 8 heteroatoms. The predicted octanol–water partition coefficient (Wildman–Crippen LogP) is 7.77. The van der Waals surface area contributed by atoms with Crippen LogP contribution in [0.1, 0.15) is 102 Å². The number of carboxylic acids is 1. The number of ether oxygens (including phenoxy) is 1. The Hall–Kier alpha value is -3.65. The smallest absolute Gasteiger partial charge is 0.320 e. The van der Waals surface area contributed by atoms with Gasteiger partial charge in [0.1, 0.15) is 11.8 Å². The van der Waals surface area contributed by atoms with Gasteiger partial charge in [-0.05, 0) is 125 Å². The number of anilines is 1. The predicted molar refractivity (Wildman–Crippen MR) is 183 cm³/mol. The van der Waals surface area contributed by atoms with Gasteiger partial charge < -0.3 is 20.1 Å². The van der Waals surface area contributed by atoms with Crippen LogP contribution >= 0.6 is 0 Å². The topological polar surface area (TPSA) is 96.7 Å². The summed E-state index contributed by atoms with van der Waals surface area (Å²) < 4.78 is 7.44. The van der Waals surface area contributed by atoms with Crippen molar-refractivity contribution in [3.05, 3.63) is 66.0 Å². The first kappa shape index (κ1) is 33.7. The summed E-state index contributed by atoms with van der Waals surface area (Å²) >= 11 is 0. The number of amides is 1. The van der Waals surface area contributed by atoms with Crippen molar-refractivity contribution in [3.8, 4) is 16.9 Å². The van der Waals surface area contributed by atoms with E-state index in [1.54, 1.807) is 7.11 Å². The Morgan fingerprint density at radius 3 is 2.37 bits per heavy atom. The molecule has 0 spiro atoms. The maximum atomic E-state index is 14.4. The summed E-state index contributed by atoms with van der Waals surface area (Å²) in [5, 5.41) is 17.4. The second kappa shape index (κ2) is 15.3. The monoisotopic (exact) mass is 628 g/mol. The minimum Gasteiger partial charge on any atom is -0.496 e. The van der Waals surface area contributed by atoms with Crippen LogP contribution in [-0.4, -0.2) is 52.5 Å². The van der Waals surface area contributed by atoms with E-state index in [0.717, 1.165) is 80.5 Å². The molecule has 0 saturated heterocycles. The summed E-state index contributed by atoms with van der Waals surface area (Å²) in [6.45, 7) is 8.96. The van der Waals surface area contributed by atoms with Gasteiger partial charge in [0, 0.05) is 42.0 Å². The maximum Gasteiger partial charge on any atom is 0.320 e. The molecule has 0 bridgehead atoms. The van der Waals surface area contributed by atoms with E-state index in [-0.39, 0.29) is 23.9 Å². The van der Waals surface area contributed by atoms with E-state index in [2.05, 4.69) is 84.7 Å². The summed E-state index contributed by atoms with van der Waals surface area (Å²) in [6.07, 6.45) is 12.1. The van der Waals surface area contributed by atoms with Gasteiger partial charge in [0.05, 0.1) is 13.3 Å². The molecule has 2 saturated carbocycles. The zero-order valence-corrected chi connectivity index (χ0v) is 28.2. The minimum atomic E-state index is -0.803. The summed E-state index contributed by atoms with van der Waals surface area (Å²) in [6, 6.07) is 14.8. The van der Waals surface area contributed by atoms with Gasteiger partial charge in [0.25, 0.3) is 0 Å². The Morgan fingerprint density at radius 2 is 1.76 bits per heavy atom. The number of carbonyl (C=O) groups excluding carboxylic acids is 1. The fourth-order valence-corrected chi connectivity index (χ4v) is 7.41. The molecule has 248 valence electrons. The highest BCUT2D eigenvalue weighted by atomic mass is 16.5. The molecule has 1 amide bonds. The van der Waals surface area contributed by atoms with Crippen molar-refractivity contribution in [3.63, 3.8) is 0 Å². The molecule has 46 heavy (non-hydrogen) atoms. The van der Waals surface area contributed by atoms with Crippen molar-refractivity contribution in [1.29, 1.82) is 0 Å². The molecule has 1 atom stereocenters. The minimum absolute atomic E-state index is 0.0612. The Morgan fingerprint density at radius 1 is 1.02 bits per heavy atom. The third kappa shape index (κ3) is 8.00. The third-order valence-electron chi connectivity index (χ3n) is 10.3. The summed E-state index contributed by atoms with van der Waals surface area (Å²) in [5.74, 6) is 1.24. The SMILES string of the molecule is CCC(NC1CCC(C(=O)N(CC2CCC(c3ccc(OC)c(C)c3)CC2)c2cccc(-c3cnn(C(C)C)c3)c2)CC1)C(=O)O. The van der Waals surface area contributed by atoms with E-state index < -0.39 is 12.0 Å². The first-order valence-electron chi connectivity index (χ1n) is 17.3.